The van der Waals surface area contributed by atoms with Crippen molar-refractivity contribution in [2.24, 2.45) is 7.05 Å². The van der Waals surface area contributed by atoms with Crippen LogP contribution in [0.15, 0.2) is 47.5 Å². The maximum absolute atomic E-state index is 12.6. The van der Waals surface area contributed by atoms with Gasteiger partial charge < -0.3 is 9.30 Å². The number of rotatable bonds is 6. The highest BCUT2D eigenvalue weighted by Gasteiger charge is 2.26. The Morgan fingerprint density at radius 1 is 1.07 bits per heavy atom. The molecule has 1 aliphatic rings. The van der Waals surface area contributed by atoms with Crippen LogP contribution in [0, 0.1) is 0 Å². The van der Waals surface area contributed by atoms with Crippen molar-refractivity contribution in [3.8, 4) is 0 Å². The second-order valence-electron chi connectivity index (χ2n) is 6.67. The second-order valence-corrected chi connectivity index (χ2v) is 8.60. The number of ether oxygens (including phenoxy) is 1. The van der Waals surface area contributed by atoms with Gasteiger partial charge in [-0.2, -0.15) is 4.31 Å². The van der Waals surface area contributed by atoms with E-state index in [2.05, 4.69) is 10.9 Å². The first-order chi connectivity index (χ1) is 13.9. The number of nitrogens with one attached hydrogen (secondary N) is 2. The summed E-state index contributed by atoms with van der Waals surface area (Å²) < 4.78 is 33.5. The molecule has 2 aromatic rings. The van der Waals surface area contributed by atoms with Gasteiger partial charge in [0.2, 0.25) is 15.9 Å². The molecule has 2 N–H and O–H groups in total. The number of hydrogen-bond acceptors (Lipinski definition) is 5. The van der Waals surface area contributed by atoms with E-state index in [0.717, 1.165) is 5.56 Å². The van der Waals surface area contributed by atoms with E-state index in [9.17, 15) is 18.0 Å². The van der Waals surface area contributed by atoms with Gasteiger partial charge in [0.1, 0.15) is 5.69 Å². The van der Waals surface area contributed by atoms with E-state index in [1.165, 1.54) is 4.31 Å². The van der Waals surface area contributed by atoms with Gasteiger partial charge in [0.25, 0.3) is 5.91 Å². The maximum Gasteiger partial charge on any atom is 0.286 e. The number of hydrazine groups is 1. The molecule has 0 unspecified atom stereocenters. The first-order valence-corrected chi connectivity index (χ1v) is 10.7. The predicted molar refractivity (Wildman–Crippen MR) is 105 cm³/mol. The third-order valence-corrected chi connectivity index (χ3v) is 6.58. The summed E-state index contributed by atoms with van der Waals surface area (Å²) in [5.41, 5.74) is 6.01. The fourth-order valence-electron chi connectivity index (χ4n) is 2.97. The molecule has 2 heterocycles. The number of amides is 2. The Bertz CT molecular complexity index is 963. The summed E-state index contributed by atoms with van der Waals surface area (Å²) in [6.45, 7) is 1.48. The zero-order valence-corrected chi connectivity index (χ0v) is 16.9. The van der Waals surface area contributed by atoms with Crippen LogP contribution in [0.25, 0.3) is 0 Å². The third kappa shape index (κ3) is 5.22. The molecule has 0 spiro atoms. The summed E-state index contributed by atoms with van der Waals surface area (Å²) >= 11 is 0. The van der Waals surface area contributed by atoms with Crippen molar-refractivity contribution in [1.82, 2.24) is 19.7 Å². The van der Waals surface area contributed by atoms with E-state index in [1.54, 1.807) is 54.2 Å². The zero-order valence-electron chi connectivity index (χ0n) is 16.1. The van der Waals surface area contributed by atoms with Crippen molar-refractivity contribution in [3.05, 3.63) is 53.9 Å². The van der Waals surface area contributed by atoms with Gasteiger partial charge in [-0.05, 0) is 36.2 Å². The Hall–Kier alpha value is -2.69. The van der Waals surface area contributed by atoms with Crippen LogP contribution in [0.4, 0.5) is 0 Å². The molecule has 10 heteroatoms. The van der Waals surface area contributed by atoms with Crippen LogP contribution in [-0.2, 0) is 33.0 Å². The molecule has 0 radical (unpaired) electrons. The van der Waals surface area contributed by atoms with Crippen LogP contribution in [0.3, 0.4) is 0 Å². The molecule has 0 saturated carbocycles. The lowest BCUT2D eigenvalue weighted by Crippen LogP contribution is -2.42. The number of carbonyl (C=O) groups excluding carboxylic acids is 2. The number of nitrogens with zero attached hydrogens (tertiary/aromatic N) is 2. The van der Waals surface area contributed by atoms with Gasteiger partial charge in [-0.1, -0.05) is 12.1 Å². The minimum atomic E-state index is -3.53. The topological polar surface area (TPSA) is 110 Å². The maximum atomic E-state index is 12.6. The fourth-order valence-corrected chi connectivity index (χ4v) is 4.38. The first kappa shape index (κ1) is 21.0. The standard InChI is InChI=1S/C19H24N4O5S/c1-22-10-2-3-17(22)19(25)21-20-18(24)9-6-15-4-7-16(8-5-15)29(26,27)23-11-13-28-14-12-23/h2-5,7-8,10H,6,9,11-14H2,1H3,(H,20,24)(H,21,25). The summed E-state index contributed by atoms with van der Waals surface area (Å²) in [5.74, 6) is -0.735. The summed E-state index contributed by atoms with van der Waals surface area (Å²) in [4.78, 5) is 24.1. The summed E-state index contributed by atoms with van der Waals surface area (Å²) in [7, 11) is -1.79. The Morgan fingerprint density at radius 3 is 2.38 bits per heavy atom. The zero-order chi connectivity index (χ0) is 20.9. The normalized spacial score (nSPS) is 15.1. The molecular weight excluding hydrogens is 396 g/mol. The van der Waals surface area contributed by atoms with E-state index in [1.807, 2.05) is 0 Å². The highest BCUT2D eigenvalue weighted by Crippen LogP contribution is 2.18. The van der Waals surface area contributed by atoms with E-state index >= 15 is 0 Å². The molecule has 1 saturated heterocycles. The lowest BCUT2D eigenvalue weighted by Gasteiger charge is -2.26. The molecule has 0 bridgehead atoms. The minimum absolute atomic E-state index is 0.156. The minimum Gasteiger partial charge on any atom is -0.379 e. The summed E-state index contributed by atoms with van der Waals surface area (Å²) in [6.07, 6.45) is 2.31. The van der Waals surface area contributed by atoms with Crippen LogP contribution in [0.2, 0.25) is 0 Å². The quantitative estimate of drug-likeness (QED) is 0.659. The largest absolute Gasteiger partial charge is 0.379 e. The molecule has 3 rings (SSSR count). The molecule has 29 heavy (non-hydrogen) atoms. The monoisotopic (exact) mass is 420 g/mol. The molecule has 1 aliphatic heterocycles. The Morgan fingerprint density at radius 2 is 1.76 bits per heavy atom. The van der Waals surface area contributed by atoms with E-state index in [0.29, 0.717) is 38.4 Å². The van der Waals surface area contributed by atoms with Gasteiger partial charge in [0.15, 0.2) is 0 Å². The summed E-state index contributed by atoms with van der Waals surface area (Å²) in [6, 6.07) is 9.88. The van der Waals surface area contributed by atoms with Crippen molar-refractivity contribution in [2.45, 2.75) is 17.7 Å². The van der Waals surface area contributed by atoms with E-state index in [-0.39, 0.29) is 17.2 Å². The average molecular weight is 420 g/mol. The van der Waals surface area contributed by atoms with Crippen LogP contribution in [-0.4, -0.2) is 55.4 Å². The van der Waals surface area contributed by atoms with Crippen LogP contribution in [0.1, 0.15) is 22.5 Å². The molecule has 1 aromatic carbocycles. The van der Waals surface area contributed by atoms with Crippen molar-refractivity contribution in [2.75, 3.05) is 26.3 Å². The Labute approximate surface area is 169 Å². The number of aromatic nitrogens is 1. The van der Waals surface area contributed by atoms with Gasteiger partial charge in [-0.15, -0.1) is 0 Å². The lowest BCUT2D eigenvalue weighted by atomic mass is 10.1. The predicted octanol–water partition coefficient (Wildman–Crippen LogP) is 0.440. The highest BCUT2D eigenvalue weighted by atomic mass is 32.2. The number of sulfonamides is 1. The van der Waals surface area contributed by atoms with Crippen LogP contribution < -0.4 is 10.9 Å². The molecular formula is C19H24N4O5S. The molecule has 156 valence electrons. The number of hydrogen-bond donors (Lipinski definition) is 2. The Kier molecular flexibility index (Phi) is 6.68. The van der Waals surface area contributed by atoms with Crippen LogP contribution in [0.5, 0.6) is 0 Å². The SMILES string of the molecule is Cn1cccc1C(=O)NNC(=O)CCc1ccc(S(=O)(=O)N2CCOCC2)cc1. The van der Waals surface area contributed by atoms with Gasteiger partial charge in [0, 0.05) is 32.8 Å². The van der Waals surface area contributed by atoms with Crippen molar-refractivity contribution in [1.29, 1.82) is 0 Å². The van der Waals surface area contributed by atoms with Gasteiger partial charge in [0.05, 0.1) is 18.1 Å². The molecule has 0 atom stereocenters. The smallest absolute Gasteiger partial charge is 0.286 e. The first-order valence-electron chi connectivity index (χ1n) is 9.25. The second kappa shape index (κ2) is 9.21. The average Bonchev–Trinajstić information content (AvgIpc) is 3.17. The molecule has 9 nitrogen and oxygen atoms in total. The van der Waals surface area contributed by atoms with Crippen LogP contribution >= 0.6 is 0 Å². The van der Waals surface area contributed by atoms with Gasteiger partial charge >= 0.3 is 0 Å². The van der Waals surface area contributed by atoms with E-state index in [4.69, 9.17) is 4.74 Å². The van der Waals surface area contributed by atoms with Gasteiger partial charge in [-0.25, -0.2) is 8.42 Å². The lowest BCUT2D eigenvalue weighted by molar-refractivity contribution is -0.121. The fraction of sp³-hybridized carbons (Fsp3) is 0.368. The number of morpholine rings is 1. The molecule has 1 fully saturated rings. The Balaban J connectivity index is 1.49. The van der Waals surface area contributed by atoms with Crippen molar-refractivity contribution >= 4 is 21.8 Å². The van der Waals surface area contributed by atoms with Crippen molar-refractivity contribution in [3.63, 3.8) is 0 Å². The van der Waals surface area contributed by atoms with Gasteiger partial charge in [-0.3, -0.25) is 20.4 Å². The molecule has 0 aliphatic carbocycles. The number of aryl methyl sites for hydroxylation is 2. The van der Waals surface area contributed by atoms with Crippen molar-refractivity contribution < 1.29 is 22.7 Å². The highest BCUT2D eigenvalue weighted by molar-refractivity contribution is 7.89. The number of benzene rings is 1. The van der Waals surface area contributed by atoms with E-state index < -0.39 is 15.9 Å². The number of carbonyl (C=O) groups is 2. The third-order valence-electron chi connectivity index (χ3n) is 4.66. The molecule has 2 amide bonds. The summed E-state index contributed by atoms with van der Waals surface area (Å²) in [5, 5.41) is 0. The molecule has 1 aromatic heterocycles.